The zero-order valence-corrected chi connectivity index (χ0v) is 11.8. The van der Waals surface area contributed by atoms with Gasteiger partial charge >= 0.3 is 0 Å². The molecular formula is C16H20N2O2. The van der Waals surface area contributed by atoms with E-state index in [0.29, 0.717) is 19.0 Å². The molecule has 1 aliphatic carbocycles. The first-order chi connectivity index (χ1) is 9.69. The highest BCUT2D eigenvalue weighted by molar-refractivity contribution is 6.00. The molecule has 4 nitrogen and oxygen atoms in total. The summed E-state index contributed by atoms with van der Waals surface area (Å²) in [5.74, 6) is -0.104. The van der Waals surface area contributed by atoms with E-state index in [1.165, 1.54) is 0 Å². The van der Waals surface area contributed by atoms with Gasteiger partial charge < -0.3 is 10.2 Å². The molecular weight excluding hydrogens is 252 g/mol. The van der Waals surface area contributed by atoms with E-state index in [-0.39, 0.29) is 17.7 Å². The summed E-state index contributed by atoms with van der Waals surface area (Å²) in [5, 5.41) is 3.00. The van der Waals surface area contributed by atoms with E-state index in [0.717, 1.165) is 30.5 Å². The maximum absolute atomic E-state index is 12.2. The topological polar surface area (TPSA) is 49.4 Å². The number of para-hydroxylation sites is 1. The Morgan fingerprint density at radius 1 is 1.35 bits per heavy atom. The van der Waals surface area contributed by atoms with E-state index in [9.17, 15) is 9.59 Å². The third kappa shape index (κ3) is 2.55. The third-order valence-electron chi connectivity index (χ3n) is 4.08. The average Bonchev–Trinajstić information content (AvgIpc) is 3.18. The normalized spacial score (nSPS) is 22.1. The van der Waals surface area contributed by atoms with Gasteiger partial charge in [0.2, 0.25) is 11.8 Å². The van der Waals surface area contributed by atoms with Crippen LogP contribution in [-0.2, 0) is 16.0 Å². The highest BCUT2D eigenvalue weighted by Gasteiger charge is 2.37. The fourth-order valence-electron chi connectivity index (χ4n) is 2.74. The molecule has 1 saturated heterocycles. The fraction of sp³-hybridized carbons (Fsp3) is 0.500. The molecule has 1 aliphatic heterocycles. The number of anilines is 1. The Hall–Kier alpha value is -1.84. The summed E-state index contributed by atoms with van der Waals surface area (Å²) in [7, 11) is 0. The van der Waals surface area contributed by atoms with Crippen molar-refractivity contribution in [3.8, 4) is 0 Å². The van der Waals surface area contributed by atoms with E-state index in [1.54, 1.807) is 4.90 Å². The highest BCUT2D eigenvalue weighted by Crippen LogP contribution is 2.29. The molecule has 1 aromatic carbocycles. The number of amides is 2. The number of carbonyl (C=O) groups excluding carboxylic acids is 2. The number of carbonyl (C=O) groups is 2. The number of nitrogens with zero attached hydrogens (tertiary/aromatic N) is 1. The predicted molar refractivity (Wildman–Crippen MR) is 77.4 cm³/mol. The second-order valence-electron chi connectivity index (χ2n) is 5.67. The van der Waals surface area contributed by atoms with Gasteiger partial charge in [-0.2, -0.15) is 0 Å². The van der Waals surface area contributed by atoms with Crippen LogP contribution in [0.2, 0.25) is 0 Å². The van der Waals surface area contributed by atoms with Gasteiger partial charge in [0, 0.05) is 24.7 Å². The van der Waals surface area contributed by atoms with Gasteiger partial charge in [-0.05, 0) is 30.9 Å². The van der Waals surface area contributed by atoms with Gasteiger partial charge in [0.25, 0.3) is 0 Å². The summed E-state index contributed by atoms with van der Waals surface area (Å²) in [6.07, 6.45) is 3.37. The largest absolute Gasteiger partial charge is 0.353 e. The van der Waals surface area contributed by atoms with Crippen molar-refractivity contribution in [3.05, 3.63) is 29.8 Å². The van der Waals surface area contributed by atoms with Gasteiger partial charge in [-0.3, -0.25) is 9.59 Å². The van der Waals surface area contributed by atoms with E-state index in [4.69, 9.17) is 0 Å². The zero-order valence-electron chi connectivity index (χ0n) is 11.8. The van der Waals surface area contributed by atoms with E-state index in [2.05, 4.69) is 12.2 Å². The Labute approximate surface area is 119 Å². The number of benzene rings is 1. The molecule has 20 heavy (non-hydrogen) atoms. The molecule has 1 N–H and O–H groups in total. The number of nitrogens with one attached hydrogen (secondary N) is 1. The lowest BCUT2D eigenvalue weighted by Crippen LogP contribution is -2.34. The summed E-state index contributed by atoms with van der Waals surface area (Å²) in [5.41, 5.74) is 2.12. The van der Waals surface area contributed by atoms with Crippen molar-refractivity contribution in [2.45, 2.75) is 38.6 Å². The molecule has 0 bridgehead atoms. The minimum atomic E-state index is -0.201. The molecule has 1 atom stereocenters. The van der Waals surface area contributed by atoms with Crippen LogP contribution in [0.4, 0.5) is 5.69 Å². The van der Waals surface area contributed by atoms with Gasteiger partial charge in [-0.15, -0.1) is 0 Å². The van der Waals surface area contributed by atoms with Crippen molar-refractivity contribution in [2.24, 2.45) is 5.92 Å². The van der Waals surface area contributed by atoms with E-state index < -0.39 is 0 Å². The number of hydrogen-bond acceptors (Lipinski definition) is 2. The van der Waals surface area contributed by atoms with Crippen molar-refractivity contribution in [1.82, 2.24) is 5.32 Å². The summed E-state index contributed by atoms with van der Waals surface area (Å²) in [6, 6.07) is 8.30. The minimum Gasteiger partial charge on any atom is -0.353 e. The average molecular weight is 272 g/mol. The van der Waals surface area contributed by atoms with Crippen LogP contribution in [0.1, 0.15) is 31.7 Å². The van der Waals surface area contributed by atoms with Crippen LogP contribution in [0.15, 0.2) is 24.3 Å². The van der Waals surface area contributed by atoms with Crippen LogP contribution in [0.25, 0.3) is 0 Å². The van der Waals surface area contributed by atoms with Crippen LogP contribution in [-0.4, -0.2) is 24.4 Å². The lowest BCUT2D eigenvalue weighted by molar-refractivity contribution is -0.126. The molecule has 0 spiro atoms. The Morgan fingerprint density at radius 3 is 2.80 bits per heavy atom. The first-order valence-electron chi connectivity index (χ1n) is 7.37. The third-order valence-corrected chi connectivity index (χ3v) is 4.08. The second-order valence-corrected chi connectivity index (χ2v) is 5.67. The molecule has 0 aromatic heterocycles. The lowest BCUT2D eigenvalue weighted by atomic mass is 10.1. The maximum Gasteiger partial charge on any atom is 0.227 e. The molecule has 1 aromatic rings. The van der Waals surface area contributed by atoms with Crippen LogP contribution >= 0.6 is 0 Å². The quantitative estimate of drug-likeness (QED) is 0.910. The molecule has 1 unspecified atom stereocenters. The molecule has 2 fully saturated rings. The molecule has 0 radical (unpaired) electrons. The van der Waals surface area contributed by atoms with Crippen LogP contribution in [0, 0.1) is 5.92 Å². The Bertz CT molecular complexity index is 537. The SMILES string of the molecule is CCc1ccccc1N1CC(C(=O)NC2CC2)CC1=O. The van der Waals surface area contributed by atoms with Crippen molar-refractivity contribution in [3.63, 3.8) is 0 Å². The first kappa shape index (κ1) is 13.2. The van der Waals surface area contributed by atoms with Gasteiger partial charge in [0.15, 0.2) is 0 Å². The van der Waals surface area contributed by atoms with Gasteiger partial charge in [0.05, 0.1) is 5.92 Å². The fourth-order valence-corrected chi connectivity index (χ4v) is 2.74. The summed E-state index contributed by atoms with van der Waals surface area (Å²) < 4.78 is 0. The van der Waals surface area contributed by atoms with Gasteiger partial charge in [0.1, 0.15) is 0 Å². The molecule has 1 saturated carbocycles. The van der Waals surface area contributed by atoms with E-state index in [1.807, 2.05) is 24.3 Å². The summed E-state index contributed by atoms with van der Waals surface area (Å²) in [6.45, 7) is 2.59. The Morgan fingerprint density at radius 2 is 2.10 bits per heavy atom. The second kappa shape index (κ2) is 5.27. The number of hydrogen-bond donors (Lipinski definition) is 1. The van der Waals surface area contributed by atoms with E-state index >= 15 is 0 Å². The Balaban J connectivity index is 1.74. The van der Waals surface area contributed by atoms with Crippen LogP contribution < -0.4 is 10.2 Å². The molecule has 3 rings (SSSR count). The summed E-state index contributed by atoms with van der Waals surface area (Å²) in [4.78, 5) is 26.1. The molecule has 4 heteroatoms. The first-order valence-corrected chi connectivity index (χ1v) is 7.37. The zero-order chi connectivity index (χ0) is 14.1. The van der Waals surface area contributed by atoms with Crippen LogP contribution in [0.3, 0.4) is 0 Å². The molecule has 2 amide bonds. The van der Waals surface area contributed by atoms with Gasteiger partial charge in [-0.25, -0.2) is 0 Å². The minimum absolute atomic E-state index is 0.0392. The number of aryl methyl sites for hydroxylation is 1. The predicted octanol–water partition coefficient (Wildman–Crippen LogP) is 1.88. The lowest BCUT2D eigenvalue weighted by Gasteiger charge is -2.19. The molecule has 1 heterocycles. The van der Waals surface area contributed by atoms with Crippen molar-refractivity contribution in [2.75, 3.05) is 11.4 Å². The maximum atomic E-state index is 12.2. The van der Waals surface area contributed by atoms with Crippen molar-refractivity contribution < 1.29 is 9.59 Å². The van der Waals surface area contributed by atoms with Crippen LogP contribution in [0.5, 0.6) is 0 Å². The smallest absolute Gasteiger partial charge is 0.227 e. The number of rotatable bonds is 4. The monoisotopic (exact) mass is 272 g/mol. The molecule has 106 valence electrons. The summed E-state index contributed by atoms with van der Waals surface area (Å²) >= 11 is 0. The molecule has 2 aliphatic rings. The standard InChI is InChI=1S/C16H20N2O2/c1-2-11-5-3-4-6-14(11)18-10-12(9-15(18)19)16(20)17-13-7-8-13/h3-6,12-13H,2,7-10H2,1H3,(H,17,20). The Kier molecular flexibility index (Phi) is 3.47. The van der Waals surface area contributed by atoms with Gasteiger partial charge in [-0.1, -0.05) is 25.1 Å². The van der Waals surface area contributed by atoms with Crippen molar-refractivity contribution >= 4 is 17.5 Å². The highest BCUT2D eigenvalue weighted by atomic mass is 16.2. The van der Waals surface area contributed by atoms with Crippen molar-refractivity contribution in [1.29, 1.82) is 0 Å².